The molecule has 132 valence electrons. The largest absolute Gasteiger partial charge is 0.508 e. The first-order valence-corrected chi connectivity index (χ1v) is 8.87. The maximum Gasteiger partial charge on any atom is 0.338 e. The number of amides is 1. The zero-order valence-corrected chi connectivity index (χ0v) is 15.1. The van der Waals surface area contributed by atoms with Crippen LogP contribution in [0.25, 0.3) is 0 Å². The van der Waals surface area contributed by atoms with E-state index < -0.39 is 5.97 Å². The van der Waals surface area contributed by atoms with Gasteiger partial charge in [0, 0.05) is 17.2 Å². The zero-order chi connectivity index (χ0) is 18.2. The lowest BCUT2D eigenvalue weighted by molar-refractivity contribution is -0.124. The van der Waals surface area contributed by atoms with Crippen LogP contribution in [0.4, 0.5) is 0 Å². The van der Waals surface area contributed by atoms with Gasteiger partial charge in [0.1, 0.15) is 5.75 Å². The summed E-state index contributed by atoms with van der Waals surface area (Å²) in [6, 6.07) is 12.7. The fourth-order valence-corrected chi connectivity index (χ4v) is 2.76. The summed E-state index contributed by atoms with van der Waals surface area (Å²) in [5.74, 6) is -0.241. The third kappa shape index (κ3) is 6.15. The zero-order valence-electron chi connectivity index (χ0n) is 14.2. The number of carbonyl (C=O) groups is 2. The van der Waals surface area contributed by atoms with E-state index in [1.54, 1.807) is 30.8 Å². The molecule has 6 heteroatoms. The predicted molar refractivity (Wildman–Crippen MR) is 98.0 cm³/mol. The molecule has 0 saturated carbocycles. The van der Waals surface area contributed by atoms with Crippen LogP contribution in [-0.2, 0) is 9.53 Å². The molecule has 0 aromatic heterocycles. The molecule has 0 aliphatic carbocycles. The van der Waals surface area contributed by atoms with E-state index in [1.165, 1.54) is 11.6 Å². The first-order chi connectivity index (χ1) is 12.0. The summed E-state index contributed by atoms with van der Waals surface area (Å²) in [5.41, 5.74) is 2.09. The third-order valence-corrected chi connectivity index (χ3v) is 4.51. The summed E-state index contributed by atoms with van der Waals surface area (Å²) in [6.45, 7) is 3.91. The Morgan fingerprint density at radius 1 is 1.12 bits per heavy atom. The van der Waals surface area contributed by atoms with Crippen LogP contribution in [0.3, 0.4) is 0 Å². The van der Waals surface area contributed by atoms with Gasteiger partial charge in [0.15, 0.2) is 6.61 Å². The Kier molecular flexibility index (Phi) is 6.89. The van der Waals surface area contributed by atoms with Crippen LogP contribution in [-0.4, -0.2) is 35.9 Å². The number of hydrogen-bond donors (Lipinski definition) is 2. The summed E-state index contributed by atoms with van der Waals surface area (Å²) in [4.78, 5) is 24.7. The minimum absolute atomic E-state index is 0.0204. The van der Waals surface area contributed by atoms with Crippen LogP contribution in [0, 0.1) is 13.8 Å². The molecule has 2 aromatic rings. The topological polar surface area (TPSA) is 75.6 Å². The number of phenolic OH excluding ortho intramolecular Hbond substituents is 1. The molecule has 0 atom stereocenters. The molecule has 0 aliphatic heterocycles. The van der Waals surface area contributed by atoms with Crippen molar-refractivity contribution in [3.05, 3.63) is 59.2 Å². The van der Waals surface area contributed by atoms with E-state index in [-0.39, 0.29) is 23.8 Å². The van der Waals surface area contributed by atoms with Gasteiger partial charge in [0.2, 0.25) is 0 Å². The molecule has 1 amide bonds. The van der Waals surface area contributed by atoms with Gasteiger partial charge in [-0.2, -0.15) is 0 Å². The summed E-state index contributed by atoms with van der Waals surface area (Å²) in [5, 5.41) is 12.3. The molecule has 2 N–H and O–H groups in total. The van der Waals surface area contributed by atoms with E-state index in [1.807, 2.05) is 31.2 Å². The maximum absolute atomic E-state index is 11.8. The molecular weight excluding hydrogens is 338 g/mol. The molecule has 0 unspecified atom stereocenters. The second-order valence-corrected chi connectivity index (χ2v) is 6.76. The minimum atomic E-state index is -0.639. The standard InChI is InChI=1S/C19H21NO4S/c1-13-3-7-16(8-4-13)25-10-9-20-18(22)12-24-19(23)15-6-5-14(2)17(21)11-15/h3-8,11,21H,9-10,12H2,1-2H3,(H,20,22). The summed E-state index contributed by atoms with van der Waals surface area (Å²) >= 11 is 1.65. The number of thioether (sulfide) groups is 1. The second-order valence-electron chi connectivity index (χ2n) is 5.59. The normalized spacial score (nSPS) is 10.3. The van der Waals surface area contributed by atoms with Crippen LogP contribution in [0.2, 0.25) is 0 Å². The Morgan fingerprint density at radius 3 is 2.52 bits per heavy atom. The molecule has 0 heterocycles. The first-order valence-electron chi connectivity index (χ1n) is 7.88. The smallest absolute Gasteiger partial charge is 0.338 e. The lowest BCUT2D eigenvalue weighted by Gasteiger charge is -2.07. The van der Waals surface area contributed by atoms with E-state index in [9.17, 15) is 14.7 Å². The van der Waals surface area contributed by atoms with Gasteiger partial charge >= 0.3 is 5.97 Å². The maximum atomic E-state index is 11.8. The van der Waals surface area contributed by atoms with Crippen molar-refractivity contribution in [3.63, 3.8) is 0 Å². The Hall–Kier alpha value is -2.47. The Morgan fingerprint density at radius 2 is 1.84 bits per heavy atom. The van der Waals surface area contributed by atoms with E-state index >= 15 is 0 Å². The van der Waals surface area contributed by atoms with Crippen LogP contribution in [0.15, 0.2) is 47.4 Å². The predicted octanol–water partition coefficient (Wildman–Crippen LogP) is 3.07. The first kappa shape index (κ1) is 18.9. The number of aryl methyl sites for hydroxylation is 2. The van der Waals surface area contributed by atoms with Crippen molar-refractivity contribution in [2.45, 2.75) is 18.7 Å². The summed E-state index contributed by atoms with van der Waals surface area (Å²) in [6.07, 6.45) is 0. The molecule has 25 heavy (non-hydrogen) atoms. The highest BCUT2D eigenvalue weighted by molar-refractivity contribution is 7.99. The van der Waals surface area contributed by atoms with Crippen molar-refractivity contribution in [1.29, 1.82) is 0 Å². The average Bonchev–Trinajstić information content (AvgIpc) is 2.60. The lowest BCUT2D eigenvalue weighted by Crippen LogP contribution is -2.30. The molecule has 0 saturated heterocycles. The average molecular weight is 359 g/mol. The lowest BCUT2D eigenvalue weighted by atomic mass is 10.1. The van der Waals surface area contributed by atoms with Gasteiger partial charge in [0.25, 0.3) is 5.91 Å². The molecule has 0 fully saturated rings. The molecule has 0 bridgehead atoms. The van der Waals surface area contributed by atoms with Crippen molar-refractivity contribution in [1.82, 2.24) is 5.32 Å². The van der Waals surface area contributed by atoms with E-state index in [2.05, 4.69) is 5.32 Å². The molecule has 0 spiro atoms. The van der Waals surface area contributed by atoms with E-state index in [0.717, 1.165) is 10.6 Å². The number of rotatable bonds is 7. The third-order valence-electron chi connectivity index (χ3n) is 3.49. The van der Waals surface area contributed by atoms with Crippen LogP contribution >= 0.6 is 11.8 Å². The number of benzene rings is 2. The van der Waals surface area contributed by atoms with Crippen molar-refractivity contribution < 1.29 is 19.4 Å². The summed E-state index contributed by atoms with van der Waals surface area (Å²) in [7, 11) is 0. The van der Waals surface area contributed by atoms with Crippen molar-refractivity contribution >= 4 is 23.6 Å². The Balaban J connectivity index is 1.67. The van der Waals surface area contributed by atoms with Crippen molar-refractivity contribution in [2.75, 3.05) is 18.9 Å². The SMILES string of the molecule is Cc1ccc(SCCNC(=O)COC(=O)c2ccc(C)c(O)c2)cc1. The van der Waals surface area contributed by atoms with Crippen LogP contribution < -0.4 is 5.32 Å². The Labute approximate surface area is 151 Å². The number of phenols is 1. The monoisotopic (exact) mass is 359 g/mol. The van der Waals surface area contributed by atoms with Crippen molar-refractivity contribution in [2.24, 2.45) is 0 Å². The highest BCUT2D eigenvalue weighted by Crippen LogP contribution is 2.18. The number of esters is 1. The van der Waals surface area contributed by atoms with Crippen LogP contribution in [0.1, 0.15) is 21.5 Å². The molecule has 2 rings (SSSR count). The number of aromatic hydroxyl groups is 1. The number of ether oxygens (including phenoxy) is 1. The van der Waals surface area contributed by atoms with Gasteiger partial charge in [-0.25, -0.2) is 4.79 Å². The fraction of sp³-hybridized carbons (Fsp3) is 0.263. The molecule has 0 radical (unpaired) electrons. The van der Waals surface area contributed by atoms with E-state index in [4.69, 9.17) is 4.74 Å². The van der Waals surface area contributed by atoms with Gasteiger partial charge in [0.05, 0.1) is 5.56 Å². The number of hydrogen-bond acceptors (Lipinski definition) is 5. The molecule has 2 aromatic carbocycles. The van der Waals surface area contributed by atoms with Gasteiger partial charge in [-0.15, -0.1) is 11.8 Å². The van der Waals surface area contributed by atoms with Gasteiger partial charge in [-0.1, -0.05) is 23.8 Å². The molecule has 0 aliphatic rings. The van der Waals surface area contributed by atoms with E-state index in [0.29, 0.717) is 12.1 Å². The Bertz CT molecular complexity index is 744. The quantitative estimate of drug-likeness (QED) is 0.451. The second kappa shape index (κ2) is 9.13. The number of carbonyl (C=O) groups excluding carboxylic acids is 2. The highest BCUT2D eigenvalue weighted by Gasteiger charge is 2.11. The van der Waals surface area contributed by atoms with Gasteiger partial charge in [-0.3, -0.25) is 4.79 Å². The molecule has 5 nitrogen and oxygen atoms in total. The molecular formula is C19H21NO4S. The minimum Gasteiger partial charge on any atom is -0.508 e. The van der Waals surface area contributed by atoms with Crippen molar-refractivity contribution in [3.8, 4) is 5.75 Å². The van der Waals surface area contributed by atoms with Gasteiger partial charge < -0.3 is 15.2 Å². The fourth-order valence-electron chi connectivity index (χ4n) is 2.00. The van der Waals surface area contributed by atoms with Gasteiger partial charge in [-0.05, 0) is 43.7 Å². The van der Waals surface area contributed by atoms with Crippen LogP contribution in [0.5, 0.6) is 5.75 Å². The number of nitrogens with one attached hydrogen (secondary N) is 1. The summed E-state index contributed by atoms with van der Waals surface area (Å²) < 4.78 is 4.94. The highest BCUT2D eigenvalue weighted by atomic mass is 32.2.